The van der Waals surface area contributed by atoms with E-state index in [4.69, 9.17) is 10.7 Å². The summed E-state index contributed by atoms with van der Waals surface area (Å²) in [5, 5.41) is 0. The Morgan fingerprint density at radius 3 is 2.62 bits per heavy atom. The molecule has 0 unspecified atom stereocenters. The van der Waals surface area contributed by atoms with Gasteiger partial charge in [0.2, 0.25) is 0 Å². The molecule has 0 radical (unpaired) electrons. The smallest absolute Gasteiger partial charge is 0.137 e. The van der Waals surface area contributed by atoms with Gasteiger partial charge in [-0.3, -0.25) is 4.90 Å². The third-order valence-corrected chi connectivity index (χ3v) is 4.95. The van der Waals surface area contributed by atoms with Crippen molar-refractivity contribution in [3.8, 4) is 11.3 Å². The normalized spacial score (nSPS) is 15.4. The lowest BCUT2D eigenvalue weighted by Gasteiger charge is -2.16. The van der Waals surface area contributed by atoms with Gasteiger partial charge in [-0.05, 0) is 57.5 Å². The van der Waals surface area contributed by atoms with E-state index in [2.05, 4.69) is 41.3 Å². The van der Waals surface area contributed by atoms with Crippen LogP contribution in [0.15, 0.2) is 36.5 Å². The van der Waals surface area contributed by atoms with Crippen molar-refractivity contribution in [1.82, 2.24) is 14.3 Å². The summed E-state index contributed by atoms with van der Waals surface area (Å²) < 4.78 is 2.17. The van der Waals surface area contributed by atoms with E-state index in [1.54, 1.807) is 0 Å². The molecule has 3 heterocycles. The van der Waals surface area contributed by atoms with Crippen molar-refractivity contribution < 1.29 is 0 Å². The van der Waals surface area contributed by atoms with Gasteiger partial charge in [0.05, 0.1) is 11.4 Å². The minimum atomic E-state index is 0.773. The molecule has 0 aliphatic carbocycles. The van der Waals surface area contributed by atoms with Gasteiger partial charge in [-0.25, -0.2) is 4.98 Å². The highest BCUT2D eigenvalue weighted by Crippen LogP contribution is 2.30. The van der Waals surface area contributed by atoms with Crippen molar-refractivity contribution in [2.75, 3.05) is 18.8 Å². The van der Waals surface area contributed by atoms with Gasteiger partial charge in [0.25, 0.3) is 0 Å². The van der Waals surface area contributed by atoms with Crippen molar-refractivity contribution in [1.29, 1.82) is 0 Å². The van der Waals surface area contributed by atoms with Crippen molar-refractivity contribution >= 4 is 11.3 Å². The van der Waals surface area contributed by atoms with Crippen LogP contribution in [0.25, 0.3) is 16.9 Å². The molecule has 0 spiro atoms. The first kappa shape index (κ1) is 15.2. The van der Waals surface area contributed by atoms with E-state index in [1.165, 1.54) is 48.3 Å². The summed E-state index contributed by atoms with van der Waals surface area (Å²) in [5.41, 5.74) is 13.9. The second-order valence-electron chi connectivity index (χ2n) is 6.90. The number of aromatic nitrogens is 2. The van der Waals surface area contributed by atoms with Gasteiger partial charge >= 0.3 is 0 Å². The maximum atomic E-state index is 6.04. The van der Waals surface area contributed by atoms with Gasteiger partial charge < -0.3 is 10.1 Å². The van der Waals surface area contributed by atoms with E-state index in [9.17, 15) is 0 Å². The number of nitrogen functional groups attached to an aromatic ring is 1. The van der Waals surface area contributed by atoms with Gasteiger partial charge in [-0.2, -0.15) is 0 Å². The average molecular weight is 320 g/mol. The third-order valence-electron chi connectivity index (χ3n) is 4.95. The maximum absolute atomic E-state index is 6.04. The molecule has 4 nitrogen and oxygen atoms in total. The van der Waals surface area contributed by atoms with E-state index < -0.39 is 0 Å². The van der Waals surface area contributed by atoms with Crippen molar-refractivity contribution in [3.05, 3.63) is 53.3 Å². The molecule has 2 aromatic heterocycles. The molecule has 124 valence electrons. The van der Waals surface area contributed by atoms with Gasteiger partial charge in [0, 0.05) is 24.0 Å². The molecule has 1 aliphatic heterocycles. The largest absolute Gasteiger partial charge is 0.398 e. The van der Waals surface area contributed by atoms with Gasteiger partial charge in [-0.1, -0.05) is 23.8 Å². The summed E-state index contributed by atoms with van der Waals surface area (Å²) in [6.45, 7) is 7.56. The molecule has 4 heteroatoms. The zero-order valence-electron chi connectivity index (χ0n) is 14.4. The number of hydrogen-bond acceptors (Lipinski definition) is 3. The number of aryl methyl sites for hydroxylation is 2. The molecule has 1 aliphatic rings. The third kappa shape index (κ3) is 2.67. The second kappa shape index (κ2) is 5.95. The highest BCUT2D eigenvalue weighted by atomic mass is 15.2. The molecule has 0 bridgehead atoms. The number of fused-ring (bicyclic) bond motifs is 1. The fourth-order valence-corrected chi connectivity index (χ4v) is 3.71. The summed E-state index contributed by atoms with van der Waals surface area (Å²) in [4.78, 5) is 7.45. The molecule has 1 saturated heterocycles. The summed E-state index contributed by atoms with van der Waals surface area (Å²) >= 11 is 0. The van der Waals surface area contributed by atoms with Crippen LogP contribution in [0.1, 0.15) is 29.7 Å². The highest BCUT2D eigenvalue weighted by molar-refractivity contribution is 5.70. The Hall–Kier alpha value is -2.33. The van der Waals surface area contributed by atoms with Crippen LogP contribution in [-0.4, -0.2) is 27.4 Å². The first-order valence-electron chi connectivity index (χ1n) is 8.68. The lowest BCUT2D eigenvalue weighted by molar-refractivity contribution is 0.327. The molecule has 1 fully saturated rings. The fourth-order valence-electron chi connectivity index (χ4n) is 3.71. The SMILES string of the molecule is Cc1ccc(-c2nc3ccc(N)cn3c2CN2CCCC2)c(C)c1. The topological polar surface area (TPSA) is 46.6 Å². The number of anilines is 1. The molecular formula is C20H24N4. The van der Waals surface area contributed by atoms with Crippen LogP contribution < -0.4 is 5.73 Å². The number of hydrogen-bond donors (Lipinski definition) is 1. The highest BCUT2D eigenvalue weighted by Gasteiger charge is 2.20. The maximum Gasteiger partial charge on any atom is 0.137 e. The second-order valence-corrected chi connectivity index (χ2v) is 6.90. The predicted molar refractivity (Wildman–Crippen MR) is 99.0 cm³/mol. The summed E-state index contributed by atoms with van der Waals surface area (Å²) in [7, 11) is 0. The van der Waals surface area contributed by atoms with E-state index in [-0.39, 0.29) is 0 Å². The molecule has 1 aromatic carbocycles. The van der Waals surface area contributed by atoms with Crippen LogP contribution in [0.3, 0.4) is 0 Å². The van der Waals surface area contributed by atoms with Crippen LogP contribution in [0.2, 0.25) is 0 Å². The molecule has 24 heavy (non-hydrogen) atoms. The Labute approximate surface area is 142 Å². The van der Waals surface area contributed by atoms with Crippen molar-refractivity contribution in [2.45, 2.75) is 33.2 Å². The number of rotatable bonds is 3. The Kier molecular flexibility index (Phi) is 3.77. The predicted octanol–water partition coefficient (Wildman–Crippen LogP) is 3.80. The molecule has 0 saturated carbocycles. The lowest BCUT2D eigenvalue weighted by Crippen LogP contribution is -2.20. The Bertz CT molecular complexity index is 888. The first-order chi connectivity index (χ1) is 11.6. The molecule has 0 amide bonds. The first-order valence-corrected chi connectivity index (χ1v) is 8.68. The van der Waals surface area contributed by atoms with Crippen molar-refractivity contribution in [3.63, 3.8) is 0 Å². The Morgan fingerprint density at radius 2 is 1.88 bits per heavy atom. The van der Waals surface area contributed by atoms with E-state index in [1.807, 2.05) is 18.3 Å². The fraction of sp³-hybridized carbons (Fsp3) is 0.350. The number of nitrogens with zero attached hydrogens (tertiary/aromatic N) is 3. The minimum Gasteiger partial charge on any atom is -0.398 e. The minimum absolute atomic E-state index is 0.773. The number of benzene rings is 1. The lowest BCUT2D eigenvalue weighted by atomic mass is 10.0. The Morgan fingerprint density at radius 1 is 1.08 bits per heavy atom. The standard InChI is InChI=1S/C20H24N4/c1-14-5-7-17(15(2)11-14)20-18(13-23-9-3-4-10-23)24-12-16(21)6-8-19(24)22-20/h5-8,11-12H,3-4,9-10,13,21H2,1-2H3. The average Bonchev–Trinajstić information content (AvgIpc) is 3.17. The zero-order valence-corrected chi connectivity index (χ0v) is 14.4. The van der Waals surface area contributed by atoms with Gasteiger partial charge in [-0.15, -0.1) is 0 Å². The quantitative estimate of drug-likeness (QED) is 0.798. The number of pyridine rings is 1. The molecule has 2 N–H and O–H groups in total. The van der Waals surface area contributed by atoms with Gasteiger partial charge in [0.1, 0.15) is 5.65 Å². The summed E-state index contributed by atoms with van der Waals surface area (Å²) in [6.07, 6.45) is 4.58. The molecule has 0 atom stereocenters. The number of likely N-dealkylation sites (tertiary alicyclic amines) is 1. The molecular weight excluding hydrogens is 296 g/mol. The number of nitrogens with two attached hydrogens (primary N) is 1. The summed E-state index contributed by atoms with van der Waals surface area (Å²) in [5.74, 6) is 0. The van der Waals surface area contributed by atoms with E-state index in [0.29, 0.717) is 0 Å². The monoisotopic (exact) mass is 320 g/mol. The van der Waals surface area contributed by atoms with Crippen LogP contribution in [0.4, 0.5) is 5.69 Å². The molecule has 3 aromatic rings. The molecule has 4 rings (SSSR count). The van der Waals surface area contributed by atoms with Crippen LogP contribution >= 0.6 is 0 Å². The van der Waals surface area contributed by atoms with Gasteiger partial charge in [0.15, 0.2) is 0 Å². The van der Waals surface area contributed by atoms with Crippen LogP contribution in [-0.2, 0) is 6.54 Å². The van der Waals surface area contributed by atoms with Crippen LogP contribution in [0, 0.1) is 13.8 Å². The summed E-state index contributed by atoms with van der Waals surface area (Å²) in [6, 6.07) is 10.5. The van der Waals surface area contributed by atoms with Crippen molar-refractivity contribution in [2.24, 2.45) is 0 Å². The van der Waals surface area contributed by atoms with Crippen LogP contribution in [0.5, 0.6) is 0 Å². The van der Waals surface area contributed by atoms with E-state index in [0.717, 1.165) is 23.6 Å². The Balaban J connectivity index is 1.89. The zero-order chi connectivity index (χ0) is 16.7. The van der Waals surface area contributed by atoms with E-state index >= 15 is 0 Å². The number of imidazole rings is 1.